The Hall–Kier alpha value is -0.790. The molecule has 1 N–H and O–H groups in total. The highest BCUT2D eigenvalue weighted by molar-refractivity contribution is 5.69. The molecular weight excluding hydrogens is 152 g/mol. The maximum absolute atomic E-state index is 10.3. The van der Waals surface area contributed by atoms with Gasteiger partial charge in [-0.1, -0.05) is 25.5 Å². The molecule has 0 atom stereocenters. The maximum Gasteiger partial charge on any atom is 0.307 e. The highest BCUT2D eigenvalue weighted by Crippen LogP contribution is 2.08. The standard InChI is InChI=1S/C10H18O2/c1-8(2)5-4-6-9(3)7-10(11)12/h6,8H,4-5,7H2,1-3H3,(H,11,12)/b9-6+. The molecule has 0 bridgehead atoms. The van der Waals surface area contributed by atoms with Gasteiger partial charge in [-0.3, -0.25) is 4.79 Å². The summed E-state index contributed by atoms with van der Waals surface area (Å²) in [5, 5.41) is 8.45. The van der Waals surface area contributed by atoms with Crippen molar-refractivity contribution in [1.29, 1.82) is 0 Å². The van der Waals surface area contributed by atoms with E-state index in [2.05, 4.69) is 13.8 Å². The first-order valence-electron chi connectivity index (χ1n) is 4.39. The molecule has 0 fully saturated rings. The predicted octanol–water partition coefficient (Wildman–Crippen LogP) is 2.84. The van der Waals surface area contributed by atoms with Crippen molar-refractivity contribution in [1.82, 2.24) is 0 Å². The average Bonchev–Trinajstić information content (AvgIpc) is 1.84. The van der Waals surface area contributed by atoms with Crippen LogP contribution in [0.15, 0.2) is 11.6 Å². The van der Waals surface area contributed by atoms with Crippen LogP contribution in [0, 0.1) is 5.92 Å². The normalized spacial score (nSPS) is 12.2. The van der Waals surface area contributed by atoms with Crippen LogP contribution in [0.3, 0.4) is 0 Å². The molecule has 0 saturated heterocycles. The van der Waals surface area contributed by atoms with E-state index in [0.717, 1.165) is 18.4 Å². The summed E-state index contributed by atoms with van der Waals surface area (Å²) in [6.45, 7) is 6.20. The lowest BCUT2D eigenvalue weighted by atomic mass is 10.1. The van der Waals surface area contributed by atoms with Gasteiger partial charge in [-0.25, -0.2) is 0 Å². The Morgan fingerprint density at radius 1 is 1.50 bits per heavy atom. The number of hydrogen-bond donors (Lipinski definition) is 1. The second kappa shape index (κ2) is 5.81. The Morgan fingerprint density at radius 3 is 2.50 bits per heavy atom. The van der Waals surface area contributed by atoms with Crippen LogP contribution in [0.5, 0.6) is 0 Å². The van der Waals surface area contributed by atoms with Crippen LogP contribution >= 0.6 is 0 Å². The van der Waals surface area contributed by atoms with Crippen molar-refractivity contribution in [3.8, 4) is 0 Å². The first-order chi connectivity index (χ1) is 5.52. The molecule has 0 aromatic heterocycles. The Morgan fingerprint density at radius 2 is 2.08 bits per heavy atom. The average molecular weight is 170 g/mol. The lowest BCUT2D eigenvalue weighted by molar-refractivity contribution is -0.136. The number of rotatable bonds is 5. The van der Waals surface area contributed by atoms with E-state index in [0.29, 0.717) is 5.92 Å². The van der Waals surface area contributed by atoms with Crippen molar-refractivity contribution in [2.75, 3.05) is 0 Å². The van der Waals surface area contributed by atoms with Gasteiger partial charge in [-0.05, 0) is 25.7 Å². The van der Waals surface area contributed by atoms with Gasteiger partial charge in [-0.15, -0.1) is 0 Å². The minimum absolute atomic E-state index is 0.179. The molecule has 0 aliphatic heterocycles. The zero-order chi connectivity index (χ0) is 9.56. The fourth-order valence-electron chi connectivity index (χ4n) is 0.974. The summed E-state index contributed by atoms with van der Waals surface area (Å²) in [6.07, 6.45) is 4.33. The Kier molecular flexibility index (Phi) is 5.43. The summed E-state index contributed by atoms with van der Waals surface area (Å²) >= 11 is 0. The molecule has 0 aliphatic rings. The van der Waals surface area contributed by atoms with E-state index in [4.69, 9.17) is 5.11 Å². The van der Waals surface area contributed by atoms with Crippen LogP contribution in [0.2, 0.25) is 0 Å². The quantitative estimate of drug-likeness (QED) is 0.644. The van der Waals surface area contributed by atoms with E-state index in [1.165, 1.54) is 0 Å². The SMILES string of the molecule is C/C(=C\CCC(C)C)CC(=O)O. The highest BCUT2D eigenvalue weighted by atomic mass is 16.4. The van der Waals surface area contributed by atoms with E-state index in [9.17, 15) is 4.79 Å². The van der Waals surface area contributed by atoms with Gasteiger partial charge in [0.1, 0.15) is 0 Å². The number of allylic oxidation sites excluding steroid dienone is 1. The fourth-order valence-corrected chi connectivity index (χ4v) is 0.974. The summed E-state index contributed by atoms with van der Waals surface area (Å²) in [6, 6.07) is 0. The van der Waals surface area contributed by atoms with E-state index >= 15 is 0 Å². The van der Waals surface area contributed by atoms with Crippen LogP contribution < -0.4 is 0 Å². The van der Waals surface area contributed by atoms with Gasteiger partial charge in [-0.2, -0.15) is 0 Å². The molecule has 12 heavy (non-hydrogen) atoms. The van der Waals surface area contributed by atoms with Crippen molar-refractivity contribution in [3.63, 3.8) is 0 Å². The number of aliphatic carboxylic acids is 1. The molecule has 0 rings (SSSR count). The fraction of sp³-hybridized carbons (Fsp3) is 0.700. The number of carboxylic acids is 1. The minimum atomic E-state index is -0.742. The molecule has 0 aromatic carbocycles. The van der Waals surface area contributed by atoms with Crippen LogP contribution in [0.25, 0.3) is 0 Å². The van der Waals surface area contributed by atoms with E-state index < -0.39 is 5.97 Å². The van der Waals surface area contributed by atoms with Gasteiger partial charge in [0.05, 0.1) is 6.42 Å². The summed E-state index contributed by atoms with van der Waals surface area (Å²) < 4.78 is 0. The van der Waals surface area contributed by atoms with E-state index in [-0.39, 0.29) is 6.42 Å². The third kappa shape index (κ3) is 7.32. The molecule has 2 heteroatoms. The van der Waals surface area contributed by atoms with Crippen LogP contribution in [0.1, 0.15) is 40.0 Å². The zero-order valence-corrected chi connectivity index (χ0v) is 8.13. The molecule has 70 valence electrons. The number of carboxylic acid groups (broad SMARTS) is 1. The summed E-state index contributed by atoms with van der Waals surface area (Å²) in [4.78, 5) is 10.3. The second-order valence-corrected chi connectivity index (χ2v) is 3.59. The summed E-state index contributed by atoms with van der Waals surface area (Å²) in [5.74, 6) is -0.0489. The third-order valence-corrected chi connectivity index (χ3v) is 1.67. The van der Waals surface area contributed by atoms with E-state index in [1.54, 1.807) is 0 Å². The monoisotopic (exact) mass is 170 g/mol. The number of carbonyl (C=O) groups is 1. The van der Waals surface area contributed by atoms with Gasteiger partial charge in [0.2, 0.25) is 0 Å². The van der Waals surface area contributed by atoms with Crippen molar-refractivity contribution < 1.29 is 9.90 Å². The Bertz CT molecular complexity index is 169. The topological polar surface area (TPSA) is 37.3 Å². The van der Waals surface area contributed by atoms with Gasteiger partial charge in [0, 0.05) is 0 Å². The summed E-state index contributed by atoms with van der Waals surface area (Å²) in [7, 11) is 0. The smallest absolute Gasteiger partial charge is 0.307 e. The first kappa shape index (κ1) is 11.2. The van der Waals surface area contributed by atoms with Crippen molar-refractivity contribution >= 4 is 5.97 Å². The number of hydrogen-bond acceptors (Lipinski definition) is 1. The molecule has 0 spiro atoms. The second-order valence-electron chi connectivity index (χ2n) is 3.59. The lowest BCUT2D eigenvalue weighted by Crippen LogP contribution is -1.95. The molecule has 0 amide bonds. The van der Waals surface area contributed by atoms with Gasteiger partial charge in [0.15, 0.2) is 0 Å². The van der Waals surface area contributed by atoms with Gasteiger partial charge in [0.25, 0.3) is 0 Å². The molecule has 0 aliphatic carbocycles. The third-order valence-electron chi connectivity index (χ3n) is 1.67. The highest BCUT2D eigenvalue weighted by Gasteiger charge is 1.97. The van der Waals surface area contributed by atoms with Crippen molar-refractivity contribution in [3.05, 3.63) is 11.6 Å². The molecule has 2 nitrogen and oxygen atoms in total. The summed E-state index contributed by atoms with van der Waals surface area (Å²) in [5.41, 5.74) is 0.961. The van der Waals surface area contributed by atoms with Gasteiger partial charge >= 0.3 is 5.97 Å². The first-order valence-corrected chi connectivity index (χ1v) is 4.39. The Labute approximate surface area is 74.3 Å². The lowest BCUT2D eigenvalue weighted by Gasteiger charge is -2.00. The molecular formula is C10H18O2. The van der Waals surface area contributed by atoms with E-state index in [1.807, 2.05) is 13.0 Å². The largest absolute Gasteiger partial charge is 0.481 e. The minimum Gasteiger partial charge on any atom is -0.481 e. The molecule has 0 radical (unpaired) electrons. The van der Waals surface area contributed by atoms with Crippen LogP contribution in [-0.4, -0.2) is 11.1 Å². The predicted molar refractivity (Wildman–Crippen MR) is 50.1 cm³/mol. The van der Waals surface area contributed by atoms with Crippen LogP contribution in [0.4, 0.5) is 0 Å². The molecule has 0 aromatic rings. The van der Waals surface area contributed by atoms with Crippen molar-refractivity contribution in [2.45, 2.75) is 40.0 Å². The van der Waals surface area contributed by atoms with Crippen LogP contribution in [-0.2, 0) is 4.79 Å². The Balaban J connectivity index is 3.62. The molecule has 0 saturated carbocycles. The maximum atomic E-state index is 10.3. The van der Waals surface area contributed by atoms with Crippen molar-refractivity contribution in [2.24, 2.45) is 5.92 Å². The molecule has 0 heterocycles. The van der Waals surface area contributed by atoms with Gasteiger partial charge < -0.3 is 5.11 Å². The zero-order valence-electron chi connectivity index (χ0n) is 8.13. The molecule has 0 unspecified atom stereocenters.